The molecule has 0 amide bonds. The van der Waals surface area contributed by atoms with Gasteiger partial charge in [0, 0.05) is 26.9 Å². The molecule has 0 rings (SSSR count). The van der Waals surface area contributed by atoms with Gasteiger partial charge < -0.3 is 26.8 Å². The number of aliphatic hydroxyl groups is 1. The molecule has 92 valence electrons. The van der Waals surface area contributed by atoms with Gasteiger partial charge in [-0.05, 0) is 0 Å². The van der Waals surface area contributed by atoms with Crippen molar-refractivity contribution in [3.8, 4) is 0 Å². The highest BCUT2D eigenvalue weighted by atomic mass is 16.4. The second-order valence-electron chi connectivity index (χ2n) is 1.80. The Hall–Kier alpha value is -1.60. The minimum absolute atomic E-state index is 0.597. The van der Waals surface area contributed by atoms with Crippen molar-refractivity contribution < 1.29 is 24.9 Å². The van der Waals surface area contributed by atoms with E-state index in [1.54, 1.807) is 0 Å². The van der Waals surface area contributed by atoms with Gasteiger partial charge in [0.1, 0.15) is 0 Å². The standard InChI is InChI=1S/C2H8N2.2C2H4O2.C2H4O/c3-1-2-4;2*1-2(3)4;1-2-3/h1-4H2;2*1H3,(H,3,4);2-3H,1H2. The first-order valence-corrected chi connectivity index (χ1v) is 3.84. The molecule has 0 aliphatic heterocycles. The van der Waals surface area contributed by atoms with Crippen LogP contribution in [0.4, 0.5) is 0 Å². The highest BCUT2D eigenvalue weighted by molar-refractivity contribution is 5.63. The van der Waals surface area contributed by atoms with E-state index in [1.165, 1.54) is 0 Å². The summed E-state index contributed by atoms with van der Waals surface area (Å²) >= 11 is 0. The summed E-state index contributed by atoms with van der Waals surface area (Å²) in [5, 5.41) is 22.2. The summed E-state index contributed by atoms with van der Waals surface area (Å²) in [7, 11) is 0. The number of hydrogen-bond donors (Lipinski definition) is 5. The van der Waals surface area contributed by atoms with Crippen molar-refractivity contribution >= 4 is 11.9 Å². The van der Waals surface area contributed by atoms with Gasteiger partial charge in [0.15, 0.2) is 0 Å². The Bertz CT molecular complexity index is 128. The average molecular weight is 224 g/mol. The summed E-state index contributed by atoms with van der Waals surface area (Å²) < 4.78 is 0. The molecule has 0 atom stereocenters. The van der Waals surface area contributed by atoms with Gasteiger partial charge >= 0.3 is 0 Å². The molecule has 0 saturated heterocycles. The van der Waals surface area contributed by atoms with Crippen molar-refractivity contribution in [1.82, 2.24) is 0 Å². The van der Waals surface area contributed by atoms with Crippen LogP contribution in [0.25, 0.3) is 0 Å². The lowest BCUT2D eigenvalue weighted by molar-refractivity contribution is -0.135. The van der Waals surface area contributed by atoms with E-state index in [1.807, 2.05) is 0 Å². The van der Waals surface area contributed by atoms with Gasteiger partial charge in [0.05, 0.1) is 6.26 Å². The van der Waals surface area contributed by atoms with Gasteiger partial charge in [-0.15, -0.1) is 0 Å². The van der Waals surface area contributed by atoms with Gasteiger partial charge in [-0.25, -0.2) is 0 Å². The normalized spacial score (nSPS) is 6.13. The molecule has 0 aromatic heterocycles. The van der Waals surface area contributed by atoms with E-state index in [0.717, 1.165) is 20.1 Å². The van der Waals surface area contributed by atoms with Crippen molar-refractivity contribution in [1.29, 1.82) is 0 Å². The molecule has 0 bridgehead atoms. The Kier molecular flexibility index (Phi) is 45.7. The summed E-state index contributed by atoms with van der Waals surface area (Å²) in [6.45, 7) is 6.28. The van der Waals surface area contributed by atoms with Gasteiger partial charge in [-0.2, -0.15) is 0 Å². The zero-order valence-corrected chi connectivity index (χ0v) is 9.01. The number of carboxylic acid groups (broad SMARTS) is 2. The van der Waals surface area contributed by atoms with Crippen LogP contribution < -0.4 is 11.5 Å². The smallest absolute Gasteiger partial charge is 0.300 e. The number of carbonyl (C=O) groups is 2. The largest absolute Gasteiger partial charge is 0.516 e. The van der Waals surface area contributed by atoms with Gasteiger partial charge in [-0.1, -0.05) is 6.58 Å². The molecule has 15 heavy (non-hydrogen) atoms. The highest BCUT2D eigenvalue weighted by Gasteiger charge is 1.65. The van der Waals surface area contributed by atoms with Gasteiger partial charge in [-0.3, -0.25) is 9.59 Å². The second-order valence-corrected chi connectivity index (χ2v) is 1.80. The molecule has 7 nitrogen and oxygen atoms in total. The third kappa shape index (κ3) is 3730. The fraction of sp³-hybridized carbons (Fsp3) is 0.500. The molecule has 0 aliphatic carbocycles. The number of hydrogen-bond acceptors (Lipinski definition) is 5. The second kappa shape index (κ2) is 29.4. The maximum atomic E-state index is 9.00. The quantitative estimate of drug-likeness (QED) is 0.386. The lowest BCUT2D eigenvalue weighted by atomic mass is 10.7. The van der Waals surface area contributed by atoms with E-state index in [0.29, 0.717) is 13.1 Å². The van der Waals surface area contributed by atoms with E-state index < -0.39 is 11.9 Å². The summed E-state index contributed by atoms with van der Waals surface area (Å²) in [4.78, 5) is 18.0. The molecular weight excluding hydrogens is 204 g/mol. The lowest BCUT2D eigenvalue weighted by Gasteiger charge is -1.72. The molecular formula is C8H20N2O5. The fourth-order valence-electron chi connectivity index (χ4n) is 0. The summed E-state index contributed by atoms with van der Waals surface area (Å²) in [6.07, 6.45) is 0.750. The fourth-order valence-corrected chi connectivity index (χ4v) is 0. The molecule has 0 aromatic carbocycles. The van der Waals surface area contributed by atoms with Crippen LogP contribution in [-0.4, -0.2) is 40.3 Å². The van der Waals surface area contributed by atoms with Crippen molar-refractivity contribution in [3.63, 3.8) is 0 Å². The molecule has 7 N–H and O–H groups in total. The predicted molar refractivity (Wildman–Crippen MR) is 57.6 cm³/mol. The topological polar surface area (TPSA) is 147 Å². The van der Waals surface area contributed by atoms with E-state index in [-0.39, 0.29) is 0 Å². The number of carboxylic acids is 2. The van der Waals surface area contributed by atoms with E-state index in [9.17, 15) is 0 Å². The van der Waals surface area contributed by atoms with Crippen LogP contribution in [0.1, 0.15) is 13.8 Å². The zero-order chi connectivity index (χ0) is 13.3. The van der Waals surface area contributed by atoms with Crippen LogP contribution in [0.15, 0.2) is 12.8 Å². The summed E-state index contributed by atoms with van der Waals surface area (Å²) in [5.74, 6) is -1.67. The van der Waals surface area contributed by atoms with Gasteiger partial charge in [0.2, 0.25) is 0 Å². The van der Waals surface area contributed by atoms with Gasteiger partial charge in [0.25, 0.3) is 11.9 Å². The molecule has 0 heterocycles. The first-order chi connectivity index (χ1) is 6.79. The van der Waals surface area contributed by atoms with Crippen molar-refractivity contribution in [3.05, 3.63) is 12.8 Å². The van der Waals surface area contributed by atoms with Crippen molar-refractivity contribution in [2.24, 2.45) is 11.5 Å². The van der Waals surface area contributed by atoms with E-state index >= 15 is 0 Å². The Morgan fingerprint density at radius 3 is 1.20 bits per heavy atom. The minimum Gasteiger partial charge on any atom is -0.516 e. The average Bonchev–Trinajstić information content (AvgIpc) is 2.03. The predicted octanol–water partition coefficient (Wildman–Crippen LogP) is -0.226. The summed E-state index contributed by atoms with van der Waals surface area (Å²) in [6, 6.07) is 0. The van der Waals surface area contributed by atoms with Crippen molar-refractivity contribution in [2.45, 2.75) is 13.8 Å². The van der Waals surface area contributed by atoms with Crippen LogP contribution in [0, 0.1) is 0 Å². The first kappa shape index (κ1) is 23.3. The van der Waals surface area contributed by atoms with Crippen LogP contribution in [0.3, 0.4) is 0 Å². The lowest BCUT2D eigenvalue weighted by Crippen LogP contribution is -2.11. The molecule has 0 aliphatic rings. The number of rotatable bonds is 1. The molecule has 0 aromatic rings. The minimum atomic E-state index is -0.833. The number of nitrogens with two attached hydrogens (primary N) is 2. The maximum Gasteiger partial charge on any atom is 0.300 e. The number of aliphatic carboxylic acids is 2. The monoisotopic (exact) mass is 224 g/mol. The third-order valence-electron chi connectivity index (χ3n) is 0.167. The Balaban J connectivity index is -0.0000000542. The molecule has 0 radical (unpaired) electrons. The number of aliphatic hydroxyl groups excluding tert-OH is 1. The highest BCUT2D eigenvalue weighted by Crippen LogP contribution is 1.42. The Morgan fingerprint density at radius 2 is 1.20 bits per heavy atom. The molecule has 0 fully saturated rings. The Morgan fingerprint density at radius 1 is 1.13 bits per heavy atom. The van der Waals surface area contributed by atoms with Crippen molar-refractivity contribution in [2.75, 3.05) is 13.1 Å². The summed E-state index contributed by atoms with van der Waals surface area (Å²) in [5.41, 5.74) is 9.81. The maximum absolute atomic E-state index is 9.00. The molecule has 0 spiro atoms. The third-order valence-corrected chi connectivity index (χ3v) is 0.167. The molecule has 0 unspecified atom stereocenters. The van der Waals surface area contributed by atoms with E-state index in [2.05, 4.69) is 6.58 Å². The van der Waals surface area contributed by atoms with E-state index in [4.69, 9.17) is 36.4 Å². The van der Waals surface area contributed by atoms with Crippen LogP contribution in [-0.2, 0) is 9.59 Å². The zero-order valence-electron chi connectivity index (χ0n) is 9.01. The molecule has 7 heteroatoms. The van der Waals surface area contributed by atoms with Crippen LogP contribution in [0.5, 0.6) is 0 Å². The first-order valence-electron chi connectivity index (χ1n) is 3.84. The molecule has 0 saturated carbocycles. The Labute approximate surface area is 89.0 Å². The van der Waals surface area contributed by atoms with Crippen LogP contribution in [0.2, 0.25) is 0 Å². The SMILES string of the molecule is C=CO.CC(=O)O.CC(=O)O.NCCN. The van der Waals surface area contributed by atoms with Crippen LogP contribution >= 0.6 is 0 Å².